The molecule has 0 aliphatic rings. The summed E-state index contributed by atoms with van der Waals surface area (Å²) in [5, 5.41) is 14.9. The third-order valence-corrected chi connectivity index (χ3v) is 3.70. The lowest BCUT2D eigenvalue weighted by atomic mass is 10.0. The lowest BCUT2D eigenvalue weighted by molar-refractivity contribution is -0.117. The molecule has 0 fully saturated rings. The highest BCUT2D eigenvalue weighted by Crippen LogP contribution is 2.14. The van der Waals surface area contributed by atoms with Crippen LogP contribution in [-0.4, -0.2) is 5.91 Å². The first kappa shape index (κ1) is 17.4. The first-order valence-corrected chi connectivity index (χ1v) is 7.89. The van der Waals surface area contributed by atoms with E-state index in [1.54, 1.807) is 12.3 Å². The largest absolute Gasteiger partial charge is 0.467 e. The van der Waals surface area contributed by atoms with Gasteiger partial charge in [0.25, 0.3) is 5.91 Å². The van der Waals surface area contributed by atoms with E-state index in [4.69, 9.17) is 9.68 Å². The molecule has 0 spiro atoms. The van der Waals surface area contributed by atoms with E-state index in [-0.39, 0.29) is 11.6 Å². The minimum Gasteiger partial charge on any atom is -0.467 e. The van der Waals surface area contributed by atoms with Crippen molar-refractivity contribution in [2.45, 2.75) is 32.9 Å². The molecule has 2 aromatic rings. The summed E-state index contributed by atoms with van der Waals surface area (Å²) in [6.07, 6.45) is 3.96. The minimum atomic E-state index is -0.406. The fraction of sp³-hybridized carbons (Fsp3) is 0.263. The lowest BCUT2D eigenvalue weighted by Gasteiger charge is -2.14. The molecule has 124 valence electrons. The van der Waals surface area contributed by atoms with E-state index < -0.39 is 5.91 Å². The maximum atomic E-state index is 12.2. The molecule has 5 heteroatoms. The third kappa shape index (κ3) is 4.75. The summed E-state index contributed by atoms with van der Waals surface area (Å²) in [4.78, 5) is 12.2. The number of benzene rings is 1. The number of carbonyl (C=O) groups is 1. The quantitative estimate of drug-likeness (QED) is 0.606. The topological polar surface area (TPSA) is 78.1 Å². The summed E-state index contributed by atoms with van der Waals surface area (Å²) in [5.74, 6) is 0.324. The Morgan fingerprint density at radius 1 is 1.33 bits per heavy atom. The van der Waals surface area contributed by atoms with Gasteiger partial charge in [0.05, 0.1) is 18.8 Å². The van der Waals surface area contributed by atoms with Crippen molar-refractivity contribution < 1.29 is 9.21 Å². The molecule has 1 aromatic heterocycles. The van der Waals surface area contributed by atoms with Crippen molar-refractivity contribution in [3.05, 3.63) is 71.3 Å². The second-order valence-corrected chi connectivity index (χ2v) is 5.42. The normalized spacial score (nSPS) is 12.3. The summed E-state index contributed by atoms with van der Waals surface area (Å²) in [7, 11) is 0. The predicted molar refractivity (Wildman–Crippen MR) is 91.6 cm³/mol. The maximum Gasteiger partial charge on any atom is 0.263 e. The van der Waals surface area contributed by atoms with Crippen LogP contribution in [0.15, 0.2) is 58.9 Å². The van der Waals surface area contributed by atoms with Crippen molar-refractivity contribution in [2.24, 2.45) is 0 Å². The van der Waals surface area contributed by atoms with Crippen LogP contribution in [0, 0.1) is 11.3 Å². The predicted octanol–water partition coefficient (Wildman–Crippen LogP) is 3.22. The molecule has 0 saturated carbocycles. The number of nitrogens with one attached hydrogen (secondary N) is 2. The number of aryl methyl sites for hydroxylation is 1. The second kappa shape index (κ2) is 8.59. The van der Waals surface area contributed by atoms with Crippen LogP contribution < -0.4 is 10.6 Å². The van der Waals surface area contributed by atoms with Crippen LogP contribution in [0.25, 0.3) is 0 Å². The molecule has 1 unspecified atom stereocenters. The Morgan fingerprint density at radius 3 is 2.67 bits per heavy atom. The Bertz CT molecular complexity index is 725. The molecule has 1 atom stereocenters. The molecule has 0 radical (unpaired) electrons. The number of hydrogen-bond donors (Lipinski definition) is 2. The molecule has 0 bridgehead atoms. The van der Waals surface area contributed by atoms with Gasteiger partial charge < -0.3 is 15.1 Å². The second-order valence-electron chi connectivity index (χ2n) is 5.42. The molecule has 0 aliphatic carbocycles. The third-order valence-electron chi connectivity index (χ3n) is 3.70. The molecule has 5 nitrogen and oxygen atoms in total. The van der Waals surface area contributed by atoms with E-state index in [1.165, 1.54) is 11.8 Å². The number of nitriles is 1. The van der Waals surface area contributed by atoms with Crippen molar-refractivity contribution in [2.75, 3.05) is 0 Å². The standard InChI is InChI=1S/C19H21N3O2/c1-3-15-6-8-16(9-7-15)14(2)22-19(23)17(11-20)12-21-13-18-5-4-10-24-18/h4-10,12,14,21H,3,13H2,1-2H3,(H,22,23)/b17-12-. The molecule has 1 aromatic carbocycles. The average Bonchev–Trinajstić information content (AvgIpc) is 3.12. The van der Waals surface area contributed by atoms with Gasteiger partial charge in [-0.05, 0) is 36.6 Å². The zero-order valence-electron chi connectivity index (χ0n) is 13.9. The minimum absolute atomic E-state index is 0.0265. The van der Waals surface area contributed by atoms with Gasteiger partial charge in [0.2, 0.25) is 0 Å². The van der Waals surface area contributed by atoms with Gasteiger partial charge in [0.1, 0.15) is 17.4 Å². The van der Waals surface area contributed by atoms with Gasteiger partial charge in [0, 0.05) is 6.20 Å². The lowest BCUT2D eigenvalue weighted by Crippen LogP contribution is -2.28. The van der Waals surface area contributed by atoms with E-state index >= 15 is 0 Å². The van der Waals surface area contributed by atoms with Gasteiger partial charge in [-0.15, -0.1) is 0 Å². The summed E-state index contributed by atoms with van der Waals surface area (Å²) in [5.41, 5.74) is 2.27. The SMILES string of the molecule is CCc1ccc(C(C)NC(=O)/C(C#N)=C\NCc2ccco2)cc1. The summed E-state index contributed by atoms with van der Waals surface area (Å²) in [6, 6.07) is 13.4. The highest BCUT2D eigenvalue weighted by molar-refractivity contribution is 5.97. The van der Waals surface area contributed by atoms with Crippen LogP contribution >= 0.6 is 0 Å². The molecule has 0 saturated heterocycles. The Kier molecular flexibility index (Phi) is 6.21. The van der Waals surface area contributed by atoms with Crippen molar-refractivity contribution in [1.82, 2.24) is 10.6 Å². The molecular weight excluding hydrogens is 302 g/mol. The molecule has 1 heterocycles. The maximum absolute atomic E-state index is 12.2. The Morgan fingerprint density at radius 2 is 2.08 bits per heavy atom. The molecule has 2 rings (SSSR count). The van der Waals surface area contributed by atoms with Crippen LogP contribution in [-0.2, 0) is 17.8 Å². The zero-order chi connectivity index (χ0) is 17.4. The zero-order valence-corrected chi connectivity index (χ0v) is 13.9. The highest BCUT2D eigenvalue weighted by Gasteiger charge is 2.13. The summed E-state index contributed by atoms with van der Waals surface area (Å²) in [6.45, 7) is 4.41. The molecular formula is C19H21N3O2. The first-order valence-electron chi connectivity index (χ1n) is 7.89. The molecule has 2 N–H and O–H groups in total. The number of carbonyl (C=O) groups excluding carboxylic acids is 1. The number of rotatable bonds is 7. The Hall–Kier alpha value is -3.00. The molecule has 0 aliphatic heterocycles. The fourth-order valence-electron chi connectivity index (χ4n) is 2.22. The first-order chi connectivity index (χ1) is 11.6. The number of nitrogens with zero attached hydrogens (tertiary/aromatic N) is 1. The number of amides is 1. The van der Waals surface area contributed by atoms with Crippen molar-refractivity contribution in [3.8, 4) is 6.07 Å². The van der Waals surface area contributed by atoms with E-state index in [2.05, 4.69) is 17.6 Å². The van der Waals surface area contributed by atoms with Crippen molar-refractivity contribution >= 4 is 5.91 Å². The van der Waals surface area contributed by atoms with Crippen LogP contribution in [0.1, 0.15) is 36.8 Å². The molecule has 24 heavy (non-hydrogen) atoms. The van der Waals surface area contributed by atoms with Crippen LogP contribution in [0.4, 0.5) is 0 Å². The average molecular weight is 323 g/mol. The Balaban J connectivity index is 1.93. The van der Waals surface area contributed by atoms with E-state index in [9.17, 15) is 4.79 Å². The van der Waals surface area contributed by atoms with Crippen molar-refractivity contribution in [3.63, 3.8) is 0 Å². The Labute approximate surface area is 142 Å². The summed E-state index contributed by atoms with van der Waals surface area (Å²) < 4.78 is 5.18. The fourth-order valence-corrected chi connectivity index (χ4v) is 2.22. The van der Waals surface area contributed by atoms with Crippen LogP contribution in [0.3, 0.4) is 0 Å². The highest BCUT2D eigenvalue weighted by atomic mass is 16.3. The van der Waals surface area contributed by atoms with Crippen molar-refractivity contribution in [1.29, 1.82) is 5.26 Å². The van der Waals surface area contributed by atoms with Gasteiger partial charge in [-0.1, -0.05) is 31.2 Å². The summed E-state index contributed by atoms with van der Waals surface area (Å²) >= 11 is 0. The van der Waals surface area contributed by atoms with Crippen LogP contribution in [0.2, 0.25) is 0 Å². The number of furan rings is 1. The smallest absolute Gasteiger partial charge is 0.263 e. The van der Waals surface area contributed by atoms with Gasteiger partial charge in [0.15, 0.2) is 0 Å². The molecule has 1 amide bonds. The van der Waals surface area contributed by atoms with E-state index in [1.807, 2.05) is 43.3 Å². The van der Waals surface area contributed by atoms with E-state index in [0.717, 1.165) is 17.7 Å². The monoisotopic (exact) mass is 323 g/mol. The van der Waals surface area contributed by atoms with Gasteiger partial charge >= 0.3 is 0 Å². The van der Waals surface area contributed by atoms with Crippen LogP contribution in [0.5, 0.6) is 0 Å². The van der Waals surface area contributed by atoms with Gasteiger partial charge in [-0.2, -0.15) is 5.26 Å². The number of hydrogen-bond acceptors (Lipinski definition) is 4. The van der Waals surface area contributed by atoms with Gasteiger partial charge in [-0.3, -0.25) is 4.79 Å². The van der Waals surface area contributed by atoms with Gasteiger partial charge in [-0.25, -0.2) is 0 Å². The van der Waals surface area contributed by atoms with E-state index in [0.29, 0.717) is 6.54 Å².